The number of aromatic nitrogens is 5. The molecule has 28 heavy (non-hydrogen) atoms. The highest BCUT2D eigenvalue weighted by Gasteiger charge is 2.28. The maximum Gasteiger partial charge on any atom is 0.269 e. The number of benzene rings is 1. The Morgan fingerprint density at radius 1 is 1.14 bits per heavy atom. The number of nitrogens with zero attached hydrogens (tertiary/aromatic N) is 5. The summed E-state index contributed by atoms with van der Waals surface area (Å²) in [5.41, 5.74) is 0.323. The van der Waals surface area contributed by atoms with Crippen molar-refractivity contribution < 1.29 is 4.79 Å². The molecule has 9 heteroatoms. The van der Waals surface area contributed by atoms with E-state index >= 15 is 0 Å². The largest absolute Gasteiger partial charge is 0.337 e. The molecular weight excluding hydrogens is 376 g/mol. The zero-order valence-corrected chi connectivity index (χ0v) is 17.4. The number of carbonyl (C=O) groups is 1. The van der Waals surface area contributed by atoms with E-state index in [4.69, 9.17) is 0 Å². The van der Waals surface area contributed by atoms with Crippen molar-refractivity contribution in [3.05, 3.63) is 40.9 Å². The van der Waals surface area contributed by atoms with Crippen LogP contribution < -0.4 is 5.56 Å². The second-order valence-electron chi connectivity index (χ2n) is 7.05. The van der Waals surface area contributed by atoms with E-state index in [-0.39, 0.29) is 29.5 Å². The number of fused-ring (bicyclic) bond motifs is 1. The van der Waals surface area contributed by atoms with Crippen molar-refractivity contribution in [2.45, 2.75) is 57.1 Å². The molecule has 0 aliphatic heterocycles. The van der Waals surface area contributed by atoms with E-state index in [2.05, 4.69) is 20.2 Å². The predicted molar refractivity (Wildman–Crippen MR) is 110 cm³/mol. The number of thioether (sulfide) groups is 1. The molecular formula is C19H24N6O2S. The Morgan fingerprint density at radius 2 is 1.82 bits per heavy atom. The van der Waals surface area contributed by atoms with Crippen molar-refractivity contribution in [1.82, 2.24) is 29.6 Å². The van der Waals surface area contributed by atoms with E-state index in [1.807, 2.05) is 45.6 Å². The number of rotatable bonds is 6. The van der Waals surface area contributed by atoms with E-state index in [0.717, 1.165) is 0 Å². The highest BCUT2D eigenvalue weighted by molar-refractivity contribution is 8.00. The average molecular weight is 401 g/mol. The first-order chi connectivity index (χ1) is 13.3. The molecule has 2 aromatic heterocycles. The van der Waals surface area contributed by atoms with Gasteiger partial charge in [-0.3, -0.25) is 9.59 Å². The number of nitrogens with one attached hydrogen (secondary N) is 1. The van der Waals surface area contributed by atoms with Gasteiger partial charge in [-0.15, -0.1) is 0 Å². The third-order valence-corrected chi connectivity index (χ3v) is 5.40. The molecule has 3 rings (SSSR count). The summed E-state index contributed by atoms with van der Waals surface area (Å²) in [7, 11) is 0. The van der Waals surface area contributed by atoms with Crippen LogP contribution in [0.3, 0.4) is 0 Å². The van der Waals surface area contributed by atoms with Gasteiger partial charge in [-0.05, 0) is 46.8 Å². The molecule has 0 aliphatic rings. The molecule has 0 spiro atoms. The van der Waals surface area contributed by atoms with Crippen molar-refractivity contribution in [3.63, 3.8) is 0 Å². The lowest BCUT2D eigenvalue weighted by molar-refractivity contribution is -0.133. The molecule has 0 unspecified atom stereocenters. The maximum atomic E-state index is 13.1. The standard InChI is InChI=1S/C19H24N6O2S/c1-11(2)24(12(3)4)16(26)13(5)28-19-22-15-9-7-6-8-14(15)17(27)25(19)18-20-10-21-23-18/h6-13H,1-5H3,(H,20,21,23)/t13-/m1/s1. The van der Waals surface area contributed by atoms with Crippen LogP contribution in [0.15, 0.2) is 40.5 Å². The number of H-pyrrole nitrogens is 1. The molecule has 1 aromatic carbocycles. The molecule has 0 saturated heterocycles. The lowest BCUT2D eigenvalue weighted by Gasteiger charge is -2.32. The summed E-state index contributed by atoms with van der Waals surface area (Å²) in [4.78, 5) is 36.7. The lowest BCUT2D eigenvalue weighted by atomic mass is 10.2. The van der Waals surface area contributed by atoms with Crippen LogP contribution in [0.25, 0.3) is 16.9 Å². The minimum absolute atomic E-state index is 0.00141. The summed E-state index contributed by atoms with van der Waals surface area (Å²) >= 11 is 1.24. The fraction of sp³-hybridized carbons (Fsp3) is 0.421. The minimum atomic E-state index is -0.424. The highest BCUT2D eigenvalue weighted by atomic mass is 32.2. The number of para-hydroxylation sites is 1. The van der Waals surface area contributed by atoms with Crippen LogP contribution in [0.1, 0.15) is 34.6 Å². The second kappa shape index (κ2) is 8.14. The Labute approximate surface area is 167 Å². The van der Waals surface area contributed by atoms with Gasteiger partial charge in [0.05, 0.1) is 16.2 Å². The predicted octanol–water partition coefficient (Wildman–Crippen LogP) is 2.63. The molecule has 3 aromatic rings. The summed E-state index contributed by atoms with van der Waals surface area (Å²) in [6, 6.07) is 7.29. The first-order valence-electron chi connectivity index (χ1n) is 9.17. The van der Waals surface area contributed by atoms with E-state index < -0.39 is 5.25 Å². The fourth-order valence-corrected chi connectivity index (χ4v) is 4.17. The molecule has 1 amide bonds. The number of carbonyl (C=O) groups excluding carboxylic acids is 1. The molecule has 1 N–H and O–H groups in total. The second-order valence-corrected chi connectivity index (χ2v) is 8.36. The lowest BCUT2D eigenvalue weighted by Crippen LogP contribution is -2.45. The van der Waals surface area contributed by atoms with Crippen LogP contribution in [-0.4, -0.2) is 52.9 Å². The van der Waals surface area contributed by atoms with E-state index in [1.54, 1.807) is 18.2 Å². The van der Waals surface area contributed by atoms with Crippen LogP contribution in [0.4, 0.5) is 0 Å². The topological polar surface area (TPSA) is 96.8 Å². The van der Waals surface area contributed by atoms with Crippen LogP contribution in [0, 0.1) is 0 Å². The summed E-state index contributed by atoms with van der Waals surface area (Å²) < 4.78 is 1.37. The summed E-state index contributed by atoms with van der Waals surface area (Å²) in [6.07, 6.45) is 1.33. The molecule has 1 atom stereocenters. The van der Waals surface area contributed by atoms with Gasteiger partial charge in [-0.2, -0.15) is 10.1 Å². The number of amides is 1. The Bertz CT molecular complexity index is 1020. The van der Waals surface area contributed by atoms with Gasteiger partial charge in [0, 0.05) is 12.1 Å². The van der Waals surface area contributed by atoms with E-state index in [9.17, 15) is 9.59 Å². The smallest absolute Gasteiger partial charge is 0.269 e. The van der Waals surface area contributed by atoms with E-state index in [1.165, 1.54) is 22.7 Å². The minimum Gasteiger partial charge on any atom is -0.337 e. The summed E-state index contributed by atoms with van der Waals surface area (Å²) in [6.45, 7) is 9.81. The van der Waals surface area contributed by atoms with Gasteiger partial charge in [-0.1, -0.05) is 23.9 Å². The molecule has 0 fully saturated rings. The Kier molecular flexibility index (Phi) is 5.83. The Balaban J connectivity index is 2.06. The number of hydrogen-bond donors (Lipinski definition) is 1. The van der Waals surface area contributed by atoms with Crippen LogP contribution in [0.5, 0.6) is 0 Å². The third-order valence-electron chi connectivity index (χ3n) is 4.36. The van der Waals surface area contributed by atoms with Crippen molar-refractivity contribution in [2.75, 3.05) is 0 Å². The summed E-state index contributed by atoms with van der Waals surface area (Å²) in [5.74, 6) is 0.275. The van der Waals surface area contributed by atoms with Crippen molar-refractivity contribution >= 4 is 28.6 Å². The van der Waals surface area contributed by atoms with E-state index in [0.29, 0.717) is 16.1 Å². The summed E-state index contributed by atoms with van der Waals surface area (Å²) in [5, 5.41) is 7.01. The van der Waals surface area contributed by atoms with Crippen LogP contribution in [0.2, 0.25) is 0 Å². The van der Waals surface area contributed by atoms with Gasteiger partial charge in [0.25, 0.3) is 5.56 Å². The highest BCUT2D eigenvalue weighted by Crippen LogP contribution is 2.26. The van der Waals surface area contributed by atoms with Gasteiger partial charge in [0.1, 0.15) is 6.33 Å². The van der Waals surface area contributed by atoms with Crippen molar-refractivity contribution in [2.24, 2.45) is 0 Å². The maximum absolute atomic E-state index is 13.1. The number of hydrogen-bond acceptors (Lipinski definition) is 6. The fourth-order valence-electron chi connectivity index (χ4n) is 3.21. The van der Waals surface area contributed by atoms with Crippen molar-refractivity contribution in [1.29, 1.82) is 0 Å². The Hall–Kier alpha value is -2.68. The SMILES string of the molecule is CC(C)N(C(=O)[C@@H](C)Sc1nc2ccccc2c(=O)n1-c1ncn[nH]1)C(C)C. The first kappa shape index (κ1) is 20.1. The molecule has 0 aliphatic carbocycles. The molecule has 2 heterocycles. The number of aromatic amines is 1. The monoisotopic (exact) mass is 400 g/mol. The Morgan fingerprint density at radius 3 is 2.43 bits per heavy atom. The third kappa shape index (κ3) is 3.80. The molecule has 0 bridgehead atoms. The quantitative estimate of drug-likeness (QED) is 0.505. The average Bonchev–Trinajstić information content (AvgIpc) is 3.15. The van der Waals surface area contributed by atoms with Gasteiger partial charge in [0.15, 0.2) is 5.16 Å². The molecule has 0 radical (unpaired) electrons. The van der Waals surface area contributed by atoms with Gasteiger partial charge < -0.3 is 4.90 Å². The molecule has 148 valence electrons. The molecule has 0 saturated carbocycles. The zero-order chi connectivity index (χ0) is 20.4. The van der Waals surface area contributed by atoms with Gasteiger partial charge >= 0.3 is 0 Å². The van der Waals surface area contributed by atoms with Crippen LogP contribution >= 0.6 is 11.8 Å². The van der Waals surface area contributed by atoms with Crippen molar-refractivity contribution in [3.8, 4) is 5.95 Å². The zero-order valence-electron chi connectivity index (χ0n) is 16.6. The van der Waals surface area contributed by atoms with Crippen LogP contribution in [-0.2, 0) is 4.79 Å². The van der Waals surface area contributed by atoms with Gasteiger partial charge in [-0.25, -0.2) is 14.6 Å². The normalized spacial score (nSPS) is 12.7. The first-order valence-corrected chi connectivity index (χ1v) is 10.1. The van der Waals surface area contributed by atoms with Gasteiger partial charge in [0.2, 0.25) is 11.9 Å². The molecule has 8 nitrogen and oxygen atoms in total.